The van der Waals surface area contributed by atoms with Crippen molar-refractivity contribution in [3.05, 3.63) is 26.4 Å². The molecule has 1 aromatic heterocycles. The van der Waals surface area contributed by atoms with Crippen molar-refractivity contribution in [1.29, 1.82) is 0 Å². The van der Waals surface area contributed by atoms with Crippen molar-refractivity contribution >= 4 is 35.3 Å². The zero-order valence-electron chi connectivity index (χ0n) is 14.7. The van der Waals surface area contributed by atoms with Crippen LogP contribution in [0.25, 0.3) is 0 Å². The van der Waals surface area contributed by atoms with Gasteiger partial charge in [-0.3, -0.25) is 10.1 Å². The SMILES string of the molecule is CC(C)(C)c1c(Cl)nc(N(C(=O)O)C(=O)O)c([N+](=O)[O-])c1C(C)(C)C. The van der Waals surface area contributed by atoms with E-state index >= 15 is 0 Å². The summed E-state index contributed by atoms with van der Waals surface area (Å²) in [6.07, 6.45) is -3.83. The van der Waals surface area contributed by atoms with Crippen molar-refractivity contribution in [3.8, 4) is 0 Å². The normalized spacial score (nSPS) is 12.0. The maximum Gasteiger partial charge on any atom is 0.423 e. The zero-order valence-corrected chi connectivity index (χ0v) is 15.5. The summed E-state index contributed by atoms with van der Waals surface area (Å²) in [5, 5.41) is 29.9. The first-order chi connectivity index (χ1) is 11.1. The second kappa shape index (κ2) is 6.47. The largest absolute Gasteiger partial charge is 0.464 e. The lowest BCUT2D eigenvalue weighted by Crippen LogP contribution is -2.37. The van der Waals surface area contributed by atoms with E-state index in [1.807, 2.05) is 0 Å². The van der Waals surface area contributed by atoms with Crippen LogP contribution < -0.4 is 4.90 Å². The van der Waals surface area contributed by atoms with Gasteiger partial charge in [-0.05, 0) is 10.8 Å². The fourth-order valence-corrected chi connectivity index (χ4v) is 3.00. The Morgan fingerprint density at radius 1 is 1.04 bits per heavy atom. The second-order valence-corrected chi connectivity index (χ2v) is 7.84. The van der Waals surface area contributed by atoms with E-state index in [0.717, 1.165) is 0 Å². The van der Waals surface area contributed by atoms with Gasteiger partial charge in [-0.25, -0.2) is 14.6 Å². The van der Waals surface area contributed by atoms with Crippen molar-refractivity contribution in [2.45, 2.75) is 52.4 Å². The number of carboxylic acid groups (broad SMARTS) is 2. The number of carbonyl (C=O) groups is 2. The van der Waals surface area contributed by atoms with Gasteiger partial charge >= 0.3 is 17.9 Å². The van der Waals surface area contributed by atoms with Gasteiger partial charge in [0.2, 0.25) is 5.82 Å². The number of aromatic nitrogens is 1. The molecule has 0 saturated heterocycles. The molecule has 0 saturated carbocycles. The van der Waals surface area contributed by atoms with Gasteiger partial charge in [-0.2, -0.15) is 4.90 Å². The van der Waals surface area contributed by atoms with E-state index in [-0.39, 0.29) is 15.6 Å². The van der Waals surface area contributed by atoms with Gasteiger partial charge in [0.25, 0.3) is 0 Å². The van der Waals surface area contributed by atoms with E-state index in [1.54, 1.807) is 41.5 Å². The van der Waals surface area contributed by atoms with Crippen LogP contribution >= 0.6 is 11.6 Å². The number of amides is 2. The molecule has 0 aliphatic heterocycles. The summed E-state index contributed by atoms with van der Waals surface area (Å²) in [5.74, 6) is -0.840. The number of pyridine rings is 1. The van der Waals surface area contributed by atoms with Crippen LogP contribution in [0.2, 0.25) is 5.15 Å². The Balaban J connectivity index is 4.17. The highest BCUT2D eigenvalue weighted by Gasteiger charge is 2.42. The molecule has 2 amide bonds. The molecule has 0 atom stereocenters. The number of hydrogen-bond donors (Lipinski definition) is 2. The monoisotopic (exact) mass is 373 g/mol. The van der Waals surface area contributed by atoms with Gasteiger partial charge in [0, 0.05) is 11.1 Å². The van der Waals surface area contributed by atoms with Gasteiger partial charge in [-0.1, -0.05) is 53.1 Å². The predicted molar refractivity (Wildman–Crippen MR) is 91.8 cm³/mol. The Morgan fingerprint density at radius 2 is 1.44 bits per heavy atom. The molecule has 25 heavy (non-hydrogen) atoms. The highest BCUT2D eigenvalue weighted by Crippen LogP contribution is 2.46. The van der Waals surface area contributed by atoms with Gasteiger partial charge in [0.1, 0.15) is 5.15 Å². The lowest BCUT2D eigenvalue weighted by molar-refractivity contribution is -0.385. The molecule has 0 aromatic carbocycles. The third kappa shape index (κ3) is 3.98. The lowest BCUT2D eigenvalue weighted by atomic mass is 9.75. The topological polar surface area (TPSA) is 134 Å². The second-order valence-electron chi connectivity index (χ2n) is 7.48. The minimum atomic E-state index is -1.91. The smallest absolute Gasteiger partial charge is 0.423 e. The van der Waals surface area contributed by atoms with Crippen molar-refractivity contribution < 1.29 is 24.7 Å². The number of imide groups is 1. The number of rotatable bonds is 2. The van der Waals surface area contributed by atoms with Crippen molar-refractivity contribution in [1.82, 2.24) is 4.98 Å². The number of anilines is 1. The molecule has 0 radical (unpaired) electrons. The Bertz CT molecular complexity index is 735. The molecule has 10 heteroatoms. The summed E-state index contributed by atoms with van der Waals surface area (Å²) in [6.45, 7) is 10.4. The first-order valence-electron chi connectivity index (χ1n) is 7.25. The Kier molecular flexibility index (Phi) is 5.34. The Hall–Kier alpha value is -2.42. The first-order valence-corrected chi connectivity index (χ1v) is 7.63. The summed E-state index contributed by atoms with van der Waals surface area (Å²) < 4.78 is 0. The highest BCUT2D eigenvalue weighted by atomic mass is 35.5. The molecule has 0 aliphatic carbocycles. The number of nitrogens with zero attached hydrogens (tertiary/aromatic N) is 3. The molecule has 0 bridgehead atoms. The first kappa shape index (κ1) is 20.6. The van der Waals surface area contributed by atoms with Crippen LogP contribution in [-0.4, -0.2) is 32.3 Å². The molecule has 1 heterocycles. The third-order valence-electron chi connectivity index (χ3n) is 3.39. The summed E-state index contributed by atoms with van der Waals surface area (Å²) in [6, 6.07) is 0. The van der Waals surface area contributed by atoms with E-state index in [4.69, 9.17) is 21.8 Å². The highest BCUT2D eigenvalue weighted by molar-refractivity contribution is 6.31. The lowest BCUT2D eigenvalue weighted by Gasteiger charge is -2.31. The molecule has 2 N–H and O–H groups in total. The Labute approximate surface area is 149 Å². The van der Waals surface area contributed by atoms with E-state index in [1.165, 1.54) is 0 Å². The molecule has 0 unspecified atom stereocenters. The van der Waals surface area contributed by atoms with E-state index in [2.05, 4.69) is 4.98 Å². The van der Waals surface area contributed by atoms with Crippen molar-refractivity contribution in [3.63, 3.8) is 0 Å². The number of hydrogen-bond acceptors (Lipinski definition) is 5. The van der Waals surface area contributed by atoms with Crippen molar-refractivity contribution in [2.75, 3.05) is 4.90 Å². The van der Waals surface area contributed by atoms with E-state index in [0.29, 0.717) is 5.56 Å². The van der Waals surface area contributed by atoms with Crippen LogP contribution in [0.5, 0.6) is 0 Å². The van der Waals surface area contributed by atoms with Crippen LogP contribution in [0.3, 0.4) is 0 Å². The quantitative estimate of drug-likeness (QED) is 0.445. The van der Waals surface area contributed by atoms with Crippen LogP contribution in [-0.2, 0) is 10.8 Å². The fraction of sp³-hybridized carbons (Fsp3) is 0.533. The molecule has 138 valence electrons. The van der Waals surface area contributed by atoms with Crippen LogP contribution in [0, 0.1) is 10.1 Å². The maximum atomic E-state index is 11.7. The molecular formula is C15H20ClN3O6. The standard InChI is InChI=1S/C15H20ClN3O6/c1-14(2,3)7-8(15(4,5)6)10(16)17-11(9(7)19(24)25)18(12(20)21)13(22)23/h1-6H3,(H,20,21)(H,22,23). The van der Waals surface area contributed by atoms with Crippen molar-refractivity contribution in [2.24, 2.45) is 0 Å². The number of halogens is 1. The maximum absolute atomic E-state index is 11.7. The number of nitro groups is 1. The Morgan fingerprint density at radius 3 is 1.72 bits per heavy atom. The predicted octanol–water partition coefficient (Wildman–Crippen LogP) is 4.40. The van der Waals surface area contributed by atoms with Gasteiger partial charge < -0.3 is 10.2 Å². The molecule has 0 spiro atoms. The molecular weight excluding hydrogens is 354 g/mol. The van der Waals surface area contributed by atoms with Crippen LogP contribution in [0.15, 0.2) is 0 Å². The minimum Gasteiger partial charge on any atom is -0.464 e. The van der Waals surface area contributed by atoms with Gasteiger partial charge in [0.05, 0.1) is 4.92 Å². The summed E-state index contributed by atoms with van der Waals surface area (Å²) in [7, 11) is 0. The molecule has 1 rings (SSSR count). The molecule has 9 nitrogen and oxygen atoms in total. The summed E-state index contributed by atoms with van der Waals surface area (Å²) >= 11 is 6.21. The average Bonchev–Trinajstić information content (AvgIpc) is 2.33. The fourth-order valence-electron chi connectivity index (χ4n) is 2.54. The molecule has 0 fully saturated rings. The molecule has 0 aliphatic rings. The van der Waals surface area contributed by atoms with Crippen LogP contribution in [0.1, 0.15) is 52.7 Å². The summed E-state index contributed by atoms with van der Waals surface area (Å²) in [5.41, 5.74) is -1.64. The molecule has 1 aromatic rings. The third-order valence-corrected chi connectivity index (χ3v) is 3.66. The van der Waals surface area contributed by atoms with Gasteiger partial charge in [-0.15, -0.1) is 0 Å². The minimum absolute atomic E-state index is 0.146. The van der Waals surface area contributed by atoms with E-state index < -0.39 is 39.4 Å². The van der Waals surface area contributed by atoms with Gasteiger partial charge in [0.15, 0.2) is 0 Å². The van der Waals surface area contributed by atoms with E-state index in [9.17, 15) is 19.7 Å². The summed E-state index contributed by atoms with van der Waals surface area (Å²) in [4.78, 5) is 37.1. The zero-order chi connectivity index (χ0) is 19.9. The average molecular weight is 374 g/mol. The van der Waals surface area contributed by atoms with Crippen LogP contribution in [0.4, 0.5) is 21.1 Å².